The molecule has 0 unspecified atom stereocenters. The fourth-order valence-electron chi connectivity index (χ4n) is 4.55. The van der Waals surface area contributed by atoms with E-state index in [1.807, 2.05) is 45.0 Å². The van der Waals surface area contributed by atoms with Gasteiger partial charge in [-0.3, -0.25) is 9.59 Å². The average molecular weight is 489 g/mol. The van der Waals surface area contributed by atoms with Crippen molar-refractivity contribution in [1.82, 2.24) is 10.2 Å². The number of rotatable bonds is 8. The molecular formula is C27H34Cl2N2O2. The molecule has 0 radical (unpaired) electrons. The van der Waals surface area contributed by atoms with Crippen molar-refractivity contribution in [3.8, 4) is 0 Å². The van der Waals surface area contributed by atoms with E-state index in [-0.39, 0.29) is 24.3 Å². The normalized spacial score (nSPS) is 15.2. The molecule has 3 rings (SSSR count). The van der Waals surface area contributed by atoms with Crippen LogP contribution in [0.15, 0.2) is 36.4 Å². The minimum Gasteiger partial charge on any atom is -0.352 e. The van der Waals surface area contributed by atoms with Crippen LogP contribution >= 0.6 is 23.2 Å². The molecule has 0 saturated heterocycles. The minimum absolute atomic E-state index is 0.0691. The first-order chi connectivity index (χ1) is 15.8. The van der Waals surface area contributed by atoms with E-state index in [4.69, 9.17) is 23.2 Å². The molecule has 33 heavy (non-hydrogen) atoms. The second-order valence-electron chi connectivity index (χ2n) is 9.14. The SMILES string of the molecule is CC[C@H](C(=O)NC1CCCCC1)N(Cc1ccc(Cl)c(Cl)c1)C(=O)Cc1cc(C)ccc1C. The van der Waals surface area contributed by atoms with Crippen LogP contribution in [-0.4, -0.2) is 28.8 Å². The topological polar surface area (TPSA) is 49.4 Å². The van der Waals surface area contributed by atoms with E-state index in [9.17, 15) is 9.59 Å². The van der Waals surface area contributed by atoms with Gasteiger partial charge in [-0.05, 0) is 61.9 Å². The van der Waals surface area contributed by atoms with Gasteiger partial charge < -0.3 is 10.2 Å². The van der Waals surface area contributed by atoms with E-state index >= 15 is 0 Å². The lowest BCUT2D eigenvalue weighted by molar-refractivity contribution is -0.141. The maximum Gasteiger partial charge on any atom is 0.243 e. The summed E-state index contributed by atoms with van der Waals surface area (Å²) in [5.41, 5.74) is 4.02. The predicted octanol–water partition coefficient (Wildman–Crippen LogP) is 6.41. The van der Waals surface area contributed by atoms with Gasteiger partial charge in [-0.15, -0.1) is 0 Å². The number of nitrogens with zero attached hydrogens (tertiary/aromatic N) is 1. The van der Waals surface area contributed by atoms with Crippen molar-refractivity contribution >= 4 is 35.0 Å². The molecule has 0 bridgehead atoms. The van der Waals surface area contributed by atoms with Crippen LogP contribution in [0.3, 0.4) is 0 Å². The fraction of sp³-hybridized carbons (Fsp3) is 0.481. The van der Waals surface area contributed by atoms with Crippen molar-refractivity contribution in [2.24, 2.45) is 0 Å². The molecule has 178 valence electrons. The average Bonchev–Trinajstić information content (AvgIpc) is 2.79. The van der Waals surface area contributed by atoms with Gasteiger partial charge >= 0.3 is 0 Å². The Hall–Kier alpha value is -2.04. The van der Waals surface area contributed by atoms with Crippen LogP contribution < -0.4 is 5.32 Å². The molecule has 1 saturated carbocycles. The van der Waals surface area contributed by atoms with E-state index in [0.29, 0.717) is 23.0 Å². The Morgan fingerprint density at radius 1 is 1.03 bits per heavy atom. The highest BCUT2D eigenvalue weighted by atomic mass is 35.5. The summed E-state index contributed by atoms with van der Waals surface area (Å²) in [5, 5.41) is 4.12. The van der Waals surface area contributed by atoms with E-state index in [1.165, 1.54) is 6.42 Å². The summed E-state index contributed by atoms with van der Waals surface area (Å²) in [6.07, 6.45) is 6.30. The first kappa shape index (κ1) is 25.6. The Balaban J connectivity index is 1.86. The molecule has 0 aromatic heterocycles. The first-order valence-corrected chi connectivity index (χ1v) is 12.6. The van der Waals surface area contributed by atoms with Crippen molar-refractivity contribution in [3.63, 3.8) is 0 Å². The number of carbonyl (C=O) groups is 2. The molecule has 1 N–H and O–H groups in total. The van der Waals surface area contributed by atoms with Crippen LogP contribution in [0.2, 0.25) is 10.0 Å². The van der Waals surface area contributed by atoms with Gasteiger partial charge in [-0.1, -0.05) is 79.2 Å². The minimum atomic E-state index is -0.543. The van der Waals surface area contributed by atoms with Crippen molar-refractivity contribution in [2.75, 3.05) is 0 Å². The first-order valence-electron chi connectivity index (χ1n) is 11.9. The highest BCUT2D eigenvalue weighted by molar-refractivity contribution is 6.42. The summed E-state index contributed by atoms with van der Waals surface area (Å²) in [4.78, 5) is 28.6. The quantitative estimate of drug-likeness (QED) is 0.466. The fourth-order valence-corrected chi connectivity index (χ4v) is 4.87. The van der Waals surface area contributed by atoms with E-state index in [1.54, 1.807) is 17.0 Å². The highest BCUT2D eigenvalue weighted by Gasteiger charge is 2.30. The van der Waals surface area contributed by atoms with Gasteiger partial charge in [-0.25, -0.2) is 0 Å². The number of carbonyl (C=O) groups excluding carboxylic acids is 2. The van der Waals surface area contributed by atoms with Gasteiger partial charge in [-0.2, -0.15) is 0 Å². The zero-order valence-electron chi connectivity index (χ0n) is 19.8. The number of halogens is 2. The highest BCUT2D eigenvalue weighted by Crippen LogP contribution is 2.25. The molecular weight excluding hydrogens is 455 g/mol. The summed E-state index contributed by atoms with van der Waals surface area (Å²) in [7, 11) is 0. The molecule has 2 aromatic carbocycles. The Bertz CT molecular complexity index is 986. The van der Waals surface area contributed by atoms with Crippen molar-refractivity contribution < 1.29 is 9.59 Å². The number of hydrogen-bond acceptors (Lipinski definition) is 2. The molecule has 0 aliphatic heterocycles. The third-order valence-electron chi connectivity index (χ3n) is 6.52. The van der Waals surface area contributed by atoms with Gasteiger partial charge in [0.05, 0.1) is 16.5 Å². The molecule has 2 amide bonds. The number of benzene rings is 2. The summed E-state index contributed by atoms with van der Waals surface area (Å²) in [5.74, 6) is -0.140. The van der Waals surface area contributed by atoms with Crippen LogP contribution in [0.25, 0.3) is 0 Å². The van der Waals surface area contributed by atoms with Crippen LogP contribution in [0.5, 0.6) is 0 Å². The van der Waals surface area contributed by atoms with E-state index < -0.39 is 6.04 Å². The second kappa shape index (κ2) is 11.9. The smallest absolute Gasteiger partial charge is 0.243 e. The number of nitrogens with one attached hydrogen (secondary N) is 1. The van der Waals surface area contributed by atoms with Crippen molar-refractivity contribution in [1.29, 1.82) is 0 Å². The molecule has 6 heteroatoms. The zero-order chi connectivity index (χ0) is 24.0. The van der Waals surface area contributed by atoms with Gasteiger partial charge in [0.1, 0.15) is 6.04 Å². The van der Waals surface area contributed by atoms with Crippen LogP contribution in [0, 0.1) is 13.8 Å². The summed E-state index contributed by atoms with van der Waals surface area (Å²) >= 11 is 12.3. The molecule has 2 aromatic rings. The maximum absolute atomic E-state index is 13.6. The van der Waals surface area contributed by atoms with Crippen molar-refractivity contribution in [2.45, 2.75) is 84.3 Å². The number of hydrogen-bond donors (Lipinski definition) is 1. The maximum atomic E-state index is 13.6. The van der Waals surface area contributed by atoms with Gasteiger partial charge in [0.2, 0.25) is 11.8 Å². The van der Waals surface area contributed by atoms with Gasteiger partial charge in [0.25, 0.3) is 0 Å². The predicted molar refractivity (Wildman–Crippen MR) is 136 cm³/mol. The summed E-state index contributed by atoms with van der Waals surface area (Å²) in [6, 6.07) is 11.1. The van der Waals surface area contributed by atoms with E-state index in [0.717, 1.165) is 47.9 Å². The summed E-state index contributed by atoms with van der Waals surface area (Å²) in [6.45, 7) is 6.29. The second-order valence-corrected chi connectivity index (χ2v) is 9.96. The Morgan fingerprint density at radius 3 is 2.42 bits per heavy atom. The van der Waals surface area contributed by atoms with Crippen LogP contribution in [-0.2, 0) is 22.6 Å². The Morgan fingerprint density at radius 2 is 1.76 bits per heavy atom. The lowest BCUT2D eigenvalue weighted by Crippen LogP contribution is -2.52. The molecule has 0 spiro atoms. The van der Waals surface area contributed by atoms with Gasteiger partial charge in [0.15, 0.2) is 0 Å². The lowest BCUT2D eigenvalue weighted by atomic mass is 9.95. The zero-order valence-corrected chi connectivity index (χ0v) is 21.3. The molecule has 1 fully saturated rings. The number of amides is 2. The van der Waals surface area contributed by atoms with Crippen molar-refractivity contribution in [3.05, 3.63) is 68.7 Å². The Kier molecular flexibility index (Phi) is 9.22. The number of aryl methyl sites for hydroxylation is 2. The molecule has 4 nitrogen and oxygen atoms in total. The lowest BCUT2D eigenvalue weighted by Gasteiger charge is -2.33. The third kappa shape index (κ3) is 6.97. The monoisotopic (exact) mass is 488 g/mol. The molecule has 1 aliphatic carbocycles. The third-order valence-corrected chi connectivity index (χ3v) is 7.26. The molecule has 0 heterocycles. The molecule has 1 aliphatic rings. The largest absolute Gasteiger partial charge is 0.352 e. The summed E-state index contributed by atoms with van der Waals surface area (Å²) < 4.78 is 0. The molecule has 1 atom stereocenters. The standard InChI is InChI=1S/C27H34Cl2N2O2/c1-4-25(27(33)30-22-8-6-5-7-9-22)31(17-20-12-13-23(28)24(29)15-20)26(32)16-21-14-18(2)10-11-19(21)3/h10-15,22,25H,4-9,16-17H2,1-3H3,(H,30,33)/t25-/m1/s1. The van der Waals surface area contributed by atoms with E-state index in [2.05, 4.69) is 5.32 Å². The van der Waals surface area contributed by atoms with Gasteiger partial charge in [0, 0.05) is 12.6 Å². The van der Waals surface area contributed by atoms with Crippen LogP contribution in [0.1, 0.15) is 67.7 Å². The van der Waals surface area contributed by atoms with Crippen LogP contribution in [0.4, 0.5) is 0 Å². The Labute approximate surface area is 207 Å².